The molecule has 1 nitrogen and oxygen atoms in total. The first-order valence-corrected chi connectivity index (χ1v) is 12.4. The number of unbranched alkanes of at least 4 members (excludes halogenated alkanes) is 1. The molecule has 4 fully saturated rings. The number of hydrogen-bond donors (Lipinski definition) is 1. The molecule has 4 rings (SSSR count). The summed E-state index contributed by atoms with van der Waals surface area (Å²) in [5, 5.41) is 10.7. The van der Waals surface area contributed by atoms with Crippen molar-refractivity contribution in [3.63, 3.8) is 0 Å². The summed E-state index contributed by atoms with van der Waals surface area (Å²) < 4.78 is 0. The van der Waals surface area contributed by atoms with Gasteiger partial charge in [-0.05, 0) is 111 Å². The van der Waals surface area contributed by atoms with Crippen LogP contribution in [-0.2, 0) is 0 Å². The normalized spacial score (nSPS) is 53.3. The van der Waals surface area contributed by atoms with Gasteiger partial charge in [-0.3, -0.25) is 0 Å². The molecule has 156 valence electrons. The zero-order valence-corrected chi connectivity index (χ0v) is 18.9. The fourth-order valence-corrected chi connectivity index (χ4v) is 9.13. The molecular formula is C26H46O. The topological polar surface area (TPSA) is 20.2 Å². The molecule has 1 heteroatoms. The minimum Gasteiger partial charge on any atom is -0.390 e. The number of aliphatic hydroxyl groups is 1. The van der Waals surface area contributed by atoms with Crippen LogP contribution in [0.15, 0.2) is 0 Å². The van der Waals surface area contributed by atoms with E-state index in [1.807, 2.05) is 0 Å². The van der Waals surface area contributed by atoms with Gasteiger partial charge < -0.3 is 5.11 Å². The summed E-state index contributed by atoms with van der Waals surface area (Å²) in [6.45, 7) is 12.3. The Bertz CT molecular complexity index is 538. The molecule has 0 heterocycles. The highest BCUT2D eigenvalue weighted by Crippen LogP contribution is 2.68. The summed E-state index contributed by atoms with van der Waals surface area (Å²) in [7, 11) is 0. The molecule has 1 N–H and O–H groups in total. The van der Waals surface area contributed by atoms with Gasteiger partial charge in [0.15, 0.2) is 0 Å². The van der Waals surface area contributed by atoms with Gasteiger partial charge in [0.05, 0.1) is 5.60 Å². The minimum atomic E-state index is -0.395. The van der Waals surface area contributed by atoms with Crippen molar-refractivity contribution in [2.75, 3.05) is 0 Å². The molecule has 0 spiro atoms. The summed E-state index contributed by atoms with van der Waals surface area (Å²) >= 11 is 0. The SMILES string of the molecule is CCCC[C@@H](C)[C@H]1CC[C@H]2C3CC[C@H]4C[C@@](C)(O)CC[C@]4(C)[C@H]3CC[C@]12C. The Hall–Kier alpha value is -0.0400. The molecule has 9 atom stereocenters. The maximum Gasteiger partial charge on any atom is 0.0622 e. The zero-order valence-electron chi connectivity index (χ0n) is 18.9. The maximum absolute atomic E-state index is 10.7. The van der Waals surface area contributed by atoms with Crippen LogP contribution < -0.4 is 0 Å². The Morgan fingerprint density at radius 1 is 0.889 bits per heavy atom. The molecule has 4 saturated carbocycles. The monoisotopic (exact) mass is 374 g/mol. The van der Waals surface area contributed by atoms with Gasteiger partial charge in [-0.2, -0.15) is 0 Å². The van der Waals surface area contributed by atoms with Crippen LogP contribution in [0.5, 0.6) is 0 Å². The zero-order chi connectivity index (χ0) is 19.4. The van der Waals surface area contributed by atoms with Crippen LogP contribution in [0.4, 0.5) is 0 Å². The summed E-state index contributed by atoms with van der Waals surface area (Å²) in [5.74, 6) is 5.59. The molecule has 0 amide bonds. The first kappa shape index (κ1) is 20.2. The molecule has 0 saturated heterocycles. The molecule has 4 aliphatic carbocycles. The third-order valence-electron chi connectivity index (χ3n) is 10.7. The second-order valence-electron chi connectivity index (χ2n) is 12.2. The Morgan fingerprint density at radius 2 is 1.63 bits per heavy atom. The highest BCUT2D eigenvalue weighted by atomic mass is 16.3. The molecule has 0 aromatic rings. The third-order valence-corrected chi connectivity index (χ3v) is 10.7. The quantitative estimate of drug-likeness (QED) is 0.550. The summed E-state index contributed by atoms with van der Waals surface area (Å²) in [4.78, 5) is 0. The lowest BCUT2D eigenvalue weighted by molar-refractivity contribution is -0.147. The first-order chi connectivity index (χ1) is 12.7. The van der Waals surface area contributed by atoms with Crippen molar-refractivity contribution in [3.8, 4) is 0 Å². The van der Waals surface area contributed by atoms with Crippen LogP contribution in [0.25, 0.3) is 0 Å². The van der Waals surface area contributed by atoms with Crippen LogP contribution >= 0.6 is 0 Å². The summed E-state index contributed by atoms with van der Waals surface area (Å²) in [6.07, 6.45) is 16.4. The van der Waals surface area contributed by atoms with Gasteiger partial charge in [0, 0.05) is 0 Å². The number of hydrogen-bond acceptors (Lipinski definition) is 1. The molecule has 0 aliphatic heterocycles. The van der Waals surface area contributed by atoms with Crippen LogP contribution in [0.2, 0.25) is 0 Å². The van der Waals surface area contributed by atoms with Crippen molar-refractivity contribution in [2.45, 2.75) is 117 Å². The fourth-order valence-electron chi connectivity index (χ4n) is 9.13. The average Bonchev–Trinajstić information content (AvgIpc) is 2.97. The van der Waals surface area contributed by atoms with Crippen LogP contribution in [0, 0.1) is 46.3 Å². The van der Waals surface area contributed by atoms with Gasteiger partial charge in [-0.25, -0.2) is 0 Å². The lowest BCUT2D eigenvalue weighted by Gasteiger charge is -2.62. The lowest BCUT2D eigenvalue weighted by atomic mass is 9.43. The standard InChI is InChI=1S/C26H46O/c1-6-7-8-18(2)21-11-12-22-20-10-9-19-17-24(3,27)15-16-25(19,4)23(20)13-14-26(21,22)5/h18-23,27H,6-17H2,1-5H3/t18-,19+,20?,21-,22+,23+,24+,25+,26-/m1/s1. The largest absolute Gasteiger partial charge is 0.390 e. The third kappa shape index (κ3) is 3.23. The molecule has 0 aromatic carbocycles. The van der Waals surface area contributed by atoms with Gasteiger partial charge in [-0.15, -0.1) is 0 Å². The average molecular weight is 375 g/mol. The van der Waals surface area contributed by atoms with E-state index in [2.05, 4.69) is 34.6 Å². The number of fused-ring (bicyclic) bond motifs is 5. The molecule has 4 aliphatic rings. The predicted octanol–water partition coefficient (Wildman–Crippen LogP) is 7.22. The molecule has 27 heavy (non-hydrogen) atoms. The van der Waals surface area contributed by atoms with Gasteiger partial charge in [0.25, 0.3) is 0 Å². The summed E-state index contributed by atoms with van der Waals surface area (Å²) in [6, 6.07) is 0. The smallest absolute Gasteiger partial charge is 0.0622 e. The highest BCUT2D eigenvalue weighted by molar-refractivity contribution is 5.10. The van der Waals surface area contributed by atoms with Crippen LogP contribution in [-0.4, -0.2) is 10.7 Å². The molecular weight excluding hydrogens is 328 g/mol. The summed E-state index contributed by atoms with van der Waals surface area (Å²) in [5.41, 5.74) is 0.740. The first-order valence-electron chi connectivity index (χ1n) is 12.4. The molecule has 0 radical (unpaired) electrons. The van der Waals surface area contributed by atoms with Gasteiger partial charge in [0.1, 0.15) is 0 Å². The number of rotatable bonds is 4. The van der Waals surface area contributed by atoms with Crippen molar-refractivity contribution in [1.29, 1.82) is 0 Å². The van der Waals surface area contributed by atoms with E-state index in [1.54, 1.807) is 0 Å². The Balaban J connectivity index is 1.52. The minimum absolute atomic E-state index is 0.395. The second-order valence-corrected chi connectivity index (χ2v) is 12.2. The van der Waals surface area contributed by atoms with Crippen LogP contribution in [0.3, 0.4) is 0 Å². The van der Waals surface area contributed by atoms with E-state index < -0.39 is 5.60 Å². The highest BCUT2D eigenvalue weighted by Gasteiger charge is 2.61. The molecule has 0 aromatic heterocycles. The van der Waals surface area contributed by atoms with Gasteiger partial charge in [-0.1, -0.05) is 47.0 Å². The van der Waals surface area contributed by atoms with E-state index in [1.165, 1.54) is 64.2 Å². The van der Waals surface area contributed by atoms with E-state index in [4.69, 9.17) is 0 Å². The Labute approximate surface area is 169 Å². The van der Waals surface area contributed by atoms with Crippen molar-refractivity contribution in [3.05, 3.63) is 0 Å². The van der Waals surface area contributed by atoms with E-state index in [0.29, 0.717) is 10.8 Å². The van der Waals surface area contributed by atoms with E-state index in [9.17, 15) is 5.11 Å². The van der Waals surface area contributed by atoms with Crippen molar-refractivity contribution >= 4 is 0 Å². The maximum atomic E-state index is 10.7. The second kappa shape index (κ2) is 7.03. The van der Waals surface area contributed by atoms with E-state index in [-0.39, 0.29) is 0 Å². The van der Waals surface area contributed by atoms with Crippen molar-refractivity contribution in [1.82, 2.24) is 0 Å². The molecule has 1 unspecified atom stereocenters. The molecule has 0 bridgehead atoms. The predicted molar refractivity (Wildman–Crippen MR) is 115 cm³/mol. The van der Waals surface area contributed by atoms with Crippen LogP contribution in [0.1, 0.15) is 112 Å². The van der Waals surface area contributed by atoms with Crippen molar-refractivity contribution < 1.29 is 5.11 Å². The Kier molecular flexibility index (Phi) is 5.27. The lowest BCUT2D eigenvalue weighted by Crippen LogP contribution is -2.55. The van der Waals surface area contributed by atoms with Crippen molar-refractivity contribution in [2.24, 2.45) is 46.3 Å². The fraction of sp³-hybridized carbons (Fsp3) is 1.00. The van der Waals surface area contributed by atoms with Gasteiger partial charge in [0.2, 0.25) is 0 Å². The van der Waals surface area contributed by atoms with E-state index >= 15 is 0 Å². The van der Waals surface area contributed by atoms with Gasteiger partial charge >= 0.3 is 0 Å². The Morgan fingerprint density at radius 3 is 2.37 bits per heavy atom. The van der Waals surface area contributed by atoms with E-state index in [0.717, 1.165) is 48.3 Å².